The summed E-state index contributed by atoms with van der Waals surface area (Å²) in [5, 5.41) is 5.85. The molecule has 0 spiro atoms. The van der Waals surface area contributed by atoms with E-state index in [2.05, 4.69) is 10.3 Å². The summed E-state index contributed by atoms with van der Waals surface area (Å²) < 4.78 is 18.7. The molecule has 1 aliphatic rings. The van der Waals surface area contributed by atoms with E-state index in [0.717, 1.165) is 22.7 Å². The molecule has 3 rings (SSSR count). The molecule has 1 aromatic carbocycles. The molecule has 0 unspecified atom stereocenters. The number of amides is 1. The number of thiazole rings is 1. The van der Waals surface area contributed by atoms with Crippen LogP contribution >= 0.6 is 11.3 Å². The van der Waals surface area contributed by atoms with Crippen LogP contribution in [0.1, 0.15) is 22.7 Å². The average molecular weight is 334 g/mol. The first-order chi connectivity index (χ1) is 11.1. The molecule has 1 aliphatic heterocycles. The van der Waals surface area contributed by atoms with Crippen molar-refractivity contribution in [2.75, 3.05) is 19.8 Å². The van der Waals surface area contributed by atoms with Gasteiger partial charge in [-0.05, 0) is 31.0 Å². The highest BCUT2D eigenvalue weighted by atomic mass is 32.1. The van der Waals surface area contributed by atoms with Crippen molar-refractivity contribution in [2.45, 2.75) is 25.2 Å². The van der Waals surface area contributed by atoms with Crippen LogP contribution in [0.2, 0.25) is 0 Å². The van der Waals surface area contributed by atoms with Crippen LogP contribution in [0.4, 0.5) is 4.39 Å². The van der Waals surface area contributed by atoms with Crippen LogP contribution in [0.3, 0.4) is 0 Å². The van der Waals surface area contributed by atoms with Crippen molar-refractivity contribution < 1.29 is 13.9 Å². The largest absolute Gasteiger partial charge is 0.380 e. The van der Waals surface area contributed by atoms with Crippen LogP contribution < -0.4 is 5.32 Å². The second-order valence-corrected chi connectivity index (χ2v) is 6.96. The van der Waals surface area contributed by atoms with Gasteiger partial charge in [0.25, 0.3) is 0 Å². The molecule has 1 saturated heterocycles. The number of hydrogen-bond donors (Lipinski definition) is 1. The highest BCUT2D eigenvalue weighted by Gasteiger charge is 2.37. The van der Waals surface area contributed by atoms with E-state index in [4.69, 9.17) is 4.74 Å². The average Bonchev–Trinajstić information content (AvgIpc) is 3.16. The van der Waals surface area contributed by atoms with Gasteiger partial charge in [0.05, 0.1) is 23.7 Å². The lowest BCUT2D eigenvalue weighted by molar-refractivity contribution is -0.120. The second-order valence-electron chi connectivity index (χ2n) is 5.90. The molecule has 0 radical (unpaired) electrons. The van der Waals surface area contributed by atoms with Crippen LogP contribution in [0.25, 0.3) is 0 Å². The van der Waals surface area contributed by atoms with E-state index in [1.54, 1.807) is 23.5 Å². The molecule has 6 heteroatoms. The first-order valence-corrected chi connectivity index (χ1v) is 8.47. The number of aryl methyl sites for hydroxylation is 1. The summed E-state index contributed by atoms with van der Waals surface area (Å²) in [5.74, 6) is -0.311. The molecule has 2 aromatic rings. The summed E-state index contributed by atoms with van der Waals surface area (Å²) >= 11 is 1.54. The van der Waals surface area contributed by atoms with E-state index < -0.39 is 0 Å². The minimum Gasteiger partial charge on any atom is -0.380 e. The lowest BCUT2D eigenvalue weighted by Crippen LogP contribution is -2.41. The number of hydrogen-bond acceptors (Lipinski definition) is 4. The fourth-order valence-corrected chi connectivity index (χ4v) is 3.48. The second kappa shape index (κ2) is 6.76. The number of ether oxygens (including phenoxy) is 1. The molecule has 2 heterocycles. The molecule has 1 atom stereocenters. The molecule has 122 valence electrons. The van der Waals surface area contributed by atoms with Gasteiger partial charge in [0.1, 0.15) is 5.82 Å². The van der Waals surface area contributed by atoms with Crippen molar-refractivity contribution in [2.24, 2.45) is 0 Å². The van der Waals surface area contributed by atoms with Crippen molar-refractivity contribution in [1.82, 2.24) is 10.3 Å². The molecule has 0 saturated carbocycles. The maximum Gasteiger partial charge on any atom is 0.226 e. The minimum atomic E-state index is -0.276. The molecule has 1 N–H and O–H groups in total. The Bertz CT molecular complexity index is 678. The Hall–Kier alpha value is -1.79. The van der Waals surface area contributed by atoms with Crippen LogP contribution in [-0.2, 0) is 21.4 Å². The van der Waals surface area contributed by atoms with Crippen LogP contribution in [0.5, 0.6) is 0 Å². The summed E-state index contributed by atoms with van der Waals surface area (Å²) in [5.41, 5.74) is 1.52. The number of nitrogens with one attached hydrogen (secondary N) is 1. The standard InChI is InChI=1S/C17H19FN2O2S/c1-12-20-15(9-23-12)8-16(21)19-10-17(6-7-22-11-17)13-2-4-14(18)5-3-13/h2-5,9H,6-8,10-11H2,1H3,(H,19,21)/t17-/m0/s1. The molecular weight excluding hydrogens is 315 g/mol. The number of aromatic nitrogens is 1. The monoisotopic (exact) mass is 334 g/mol. The number of benzene rings is 1. The molecular formula is C17H19FN2O2S. The van der Waals surface area contributed by atoms with Gasteiger partial charge in [0, 0.05) is 23.9 Å². The number of carbonyl (C=O) groups is 1. The smallest absolute Gasteiger partial charge is 0.226 e. The topological polar surface area (TPSA) is 51.2 Å². The van der Waals surface area contributed by atoms with Crippen molar-refractivity contribution in [1.29, 1.82) is 0 Å². The maximum atomic E-state index is 13.1. The fourth-order valence-electron chi connectivity index (χ4n) is 2.86. The highest BCUT2D eigenvalue weighted by molar-refractivity contribution is 7.09. The molecule has 0 aliphatic carbocycles. The summed E-state index contributed by atoms with van der Waals surface area (Å²) in [4.78, 5) is 16.5. The maximum absolute atomic E-state index is 13.1. The fraction of sp³-hybridized carbons (Fsp3) is 0.412. The van der Waals surface area contributed by atoms with Crippen LogP contribution in [0, 0.1) is 12.7 Å². The van der Waals surface area contributed by atoms with Gasteiger partial charge in [-0.15, -0.1) is 11.3 Å². The van der Waals surface area contributed by atoms with Gasteiger partial charge < -0.3 is 10.1 Å². The van der Waals surface area contributed by atoms with E-state index in [9.17, 15) is 9.18 Å². The van der Waals surface area contributed by atoms with Crippen molar-refractivity contribution in [3.63, 3.8) is 0 Å². The normalized spacial score (nSPS) is 20.6. The van der Waals surface area contributed by atoms with Gasteiger partial charge in [0.15, 0.2) is 0 Å². The van der Waals surface area contributed by atoms with Gasteiger partial charge in [-0.25, -0.2) is 9.37 Å². The Balaban J connectivity index is 1.65. The van der Waals surface area contributed by atoms with E-state index in [1.807, 2.05) is 12.3 Å². The third-order valence-corrected chi connectivity index (χ3v) is 5.01. The van der Waals surface area contributed by atoms with Gasteiger partial charge in [-0.3, -0.25) is 4.79 Å². The van der Waals surface area contributed by atoms with Gasteiger partial charge in [-0.1, -0.05) is 12.1 Å². The van der Waals surface area contributed by atoms with Crippen LogP contribution in [-0.4, -0.2) is 30.6 Å². The Morgan fingerprint density at radius 1 is 1.43 bits per heavy atom. The first kappa shape index (κ1) is 16.1. The number of halogens is 1. The summed E-state index contributed by atoms with van der Waals surface area (Å²) in [6, 6.07) is 6.46. The molecule has 23 heavy (non-hydrogen) atoms. The SMILES string of the molecule is Cc1nc(CC(=O)NC[C@@]2(c3ccc(F)cc3)CCOC2)cs1. The van der Waals surface area contributed by atoms with Gasteiger partial charge in [-0.2, -0.15) is 0 Å². The van der Waals surface area contributed by atoms with Gasteiger partial charge in [0.2, 0.25) is 5.91 Å². The van der Waals surface area contributed by atoms with Crippen molar-refractivity contribution >= 4 is 17.2 Å². The highest BCUT2D eigenvalue weighted by Crippen LogP contribution is 2.32. The Kier molecular flexibility index (Phi) is 4.73. The van der Waals surface area contributed by atoms with Gasteiger partial charge >= 0.3 is 0 Å². The minimum absolute atomic E-state index is 0.0521. The zero-order valence-corrected chi connectivity index (χ0v) is 13.8. The predicted molar refractivity (Wildman–Crippen MR) is 87.1 cm³/mol. The number of nitrogens with zero attached hydrogens (tertiary/aromatic N) is 1. The third-order valence-electron chi connectivity index (χ3n) is 4.19. The number of rotatable bonds is 5. The quantitative estimate of drug-likeness (QED) is 0.914. The Morgan fingerprint density at radius 3 is 2.83 bits per heavy atom. The molecule has 4 nitrogen and oxygen atoms in total. The van der Waals surface area contributed by atoms with Crippen molar-refractivity contribution in [3.8, 4) is 0 Å². The Labute approximate surface area is 138 Å². The zero-order valence-electron chi connectivity index (χ0n) is 13.0. The first-order valence-electron chi connectivity index (χ1n) is 7.59. The summed E-state index contributed by atoms with van der Waals surface area (Å²) in [6.07, 6.45) is 1.10. The molecule has 0 bridgehead atoms. The van der Waals surface area contributed by atoms with E-state index in [-0.39, 0.29) is 23.6 Å². The predicted octanol–water partition coefficient (Wildman–Crippen LogP) is 2.61. The molecule has 1 fully saturated rings. The van der Waals surface area contributed by atoms with E-state index in [1.165, 1.54) is 12.1 Å². The third kappa shape index (κ3) is 3.76. The lowest BCUT2D eigenvalue weighted by Gasteiger charge is -2.28. The summed E-state index contributed by atoms with van der Waals surface area (Å²) in [6.45, 7) is 3.60. The number of carbonyl (C=O) groups excluding carboxylic acids is 1. The zero-order chi connectivity index (χ0) is 16.3. The van der Waals surface area contributed by atoms with E-state index >= 15 is 0 Å². The molecule has 1 aromatic heterocycles. The molecule has 1 amide bonds. The Morgan fingerprint density at radius 2 is 2.22 bits per heavy atom. The van der Waals surface area contributed by atoms with Crippen molar-refractivity contribution in [3.05, 3.63) is 51.7 Å². The van der Waals surface area contributed by atoms with E-state index in [0.29, 0.717) is 19.8 Å². The summed E-state index contributed by atoms with van der Waals surface area (Å²) in [7, 11) is 0. The lowest BCUT2D eigenvalue weighted by atomic mass is 9.79. The van der Waals surface area contributed by atoms with Crippen LogP contribution in [0.15, 0.2) is 29.6 Å².